The summed E-state index contributed by atoms with van der Waals surface area (Å²) in [6.07, 6.45) is 1.81. The molecule has 0 amide bonds. The lowest BCUT2D eigenvalue weighted by atomic mass is 10.3. The van der Waals surface area contributed by atoms with Gasteiger partial charge in [0.2, 0.25) is 0 Å². The first kappa shape index (κ1) is 12.6. The van der Waals surface area contributed by atoms with Crippen LogP contribution in [0.2, 0.25) is 0 Å². The fraction of sp³-hybridized carbons (Fsp3) is 0.182. The molecule has 2 aromatic rings. The minimum atomic E-state index is 0.358. The number of nitrogens with zero attached hydrogens (tertiary/aromatic N) is 3. The van der Waals surface area contributed by atoms with Crippen molar-refractivity contribution in [3.8, 4) is 0 Å². The number of anilines is 2. The Hall–Kier alpha value is -1.86. The van der Waals surface area contributed by atoms with E-state index in [1.54, 1.807) is 0 Å². The average Bonchev–Trinajstić information content (AvgIpc) is 2.31. The average molecular weight is 262 g/mol. The highest BCUT2D eigenvalue weighted by atomic mass is 32.2. The molecule has 18 heavy (non-hydrogen) atoms. The molecule has 0 fully saturated rings. The SMILES string of the molecule is CNCc1ccc(Sc2nc(N)cc(N)n2)nc1. The molecule has 6 nitrogen and oxygen atoms in total. The van der Waals surface area contributed by atoms with Crippen LogP contribution in [0.3, 0.4) is 0 Å². The molecule has 0 bridgehead atoms. The molecule has 2 heterocycles. The molecule has 0 aromatic carbocycles. The maximum absolute atomic E-state index is 5.60. The third-order valence-electron chi connectivity index (χ3n) is 2.12. The van der Waals surface area contributed by atoms with E-state index in [0.29, 0.717) is 16.8 Å². The molecular weight excluding hydrogens is 248 g/mol. The predicted octanol–water partition coefficient (Wildman–Crippen LogP) is 0.907. The molecule has 5 N–H and O–H groups in total. The highest BCUT2D eigenvalue weighted by Gasteiger charge is 2.04. The van der Waals surface area contributed by atoms with Crippen LogP contribution in [0.25, 0.3) is 0 Å². The summed E-state index contributed by atoms with van der Waals surface area (Å²) in [4.78, 5) is 12.5. The molecule has 0 unspecified atom stereocenters. The van der Waals surface area contributed by atoms with E-state index >= 15 is 0 Å². The highest BCUT2D eigenvalue weighted by molar-refractivity contribution is 7.99. The van der Waals surface area contributed by atoms with Gasteiger partial charge in [0, 0.05) is 18.8 Å². The number of hydrogen-bond acceptors (Lipinski definition) is 7. The fourth-order valence-electron chi connectivity index (χ4n) is 1.38. The second-order valence-corrected chi connectivity index (χ2v) is 4.62. The Bertz CT molecular complexity index is 507. The van der Waals surface area contributed by atoms with E-state index in [1.165, 1.54) is 17.8 Å². The third-order valence-corrected chi connectivity index (χ3v) is 2.94. The molecule has 0 aliphatic rings. The quantitative estimate of drug-likeness (QED) is 0.703. The van der Waals surface area contributed by atoms with Gasteiger partial charge in [-0.25, -0.2) is 15.0 Å². The lowest BCUT2D eigenvalue weighted by Crippen LogP contribution is -2.05. The van der Waals surface area contributed by atoms with Crippen molar-refractivity contribution in [3.63, 3.8) is 0 Å². The maximum Gasteiger partial charge on any atom is 0.197 e. The molecule has 0 radical (unpaired) electrons. The molecule has 2 rings (SSSR count). The number of nitrogens with two attached hydrogens (primary N) is 2. The summed E-state index contributed by atoms with van der Waals surface area (Å²) in [5.41, 5.74) is 12.3. The van der Waals surface area contributed by atoms with Gasteiger partial charge in [0.25, 0.3) is 0 Å². The Balaban J connectivity index is 2.13. The second kappa shape index (κ2) is 5.65. The molecule has 0 atom stereocenters. The van der Waals surface area contributed by atoms with E-state index in [0.717, 1.165) is 17.1 Å². The molecule has 0 spiro atoms. The number of nitrogen functional groups attached to an aromatic ring is 2. The van der Waals surface area contributed by atoms with Gasteiger partial charge < -0.3 is 16.8 Å². The van der Waals surface area contributed by atoms with Gasteiger partial charge in [0.15, 0.2) is 5.16 Å². The van der Waals surface area contributed by atoms with Crippen LogP contribution >= 0.6 is 11.8 Å². The molecule has 0 saturated heterocycles. The summed E-state index contributed by atoms with van der Waals surface area (Å²) in [5, 5.41) is 4.37. The standard InChI is InChI=1S/C11H14N6S/c1-14-5-7-2-3-10(15-6-7)18-11-16-8(12)4-9(13)17-11/h2-4,6,14H,5H2,1H3,(H4,12,13,16,17). The van der Waals surface area contributed by atoms with Gasteiger partial charge in [0.05, 0.1) is 0 Å². The monoisotopic (exact) mass is 262 g/mol. The molecular formula is C11H14N6S. The van der Waals surface area contributed by atoms with Gasteiger partial charge in [-0.2, -0.15) is 0 Å². The van der Waals surface area contributed by atoms with Crippen LogP contribution in [0.15, 0.2) is 34.6 Å². The van der Waals surface area contributed by atoms with Crippen molar-refractivity contribution in [2.24, 2.45) is 0 Å². The first-order chi connectivity index (χ1) is 8.67. The molecule has 0 aliphatic heterocycles. The van der Waals surface area contributed by atoms with Crippen molar-refractivity contribution < 1.29 is 0 Å². The maximum atomic E-state index is 5.60. The van der Waals surface area contributed by atoms with Crippen LogP contribution in [0.5, 0.6) is 0 Å². The van der Waals surface area contributed by atoms with Gasteiger partial charge in [-0.1, -0.05) is 6.07 Å². The van der Waals surface area contributed by atoms with Crippen molar-refractivity contribution in [1.29, 1.82) is 0 Å². The van der Waals surface area contributed by atoms with Crippen LogP contribution in [-0.2, 0) is 6.54 Å². The molecule has 2 aromatic heterocycles. The third kappa shape index (κ3) is 3.31. The van der Waals surface area contributed by atoms with Crippen molar-refractivity contribution in [1.82, 2.24) is 20.3 Å². The van der Waals surface area contributed by atoms with Crippen molar-refractivity contribution in [3.05, 3.63) is 30.0 Å². The normalized spacial score (nSPS) is 10.5. The summed E-state index contributed by atoms with van der Waals surface area (Å²) in [7, 11) is 1.89. The molecule has 7 heteroatoms. The minimum absolute atomic E-state index is 0.358. The smallest absolute Gasteiger partial charge is 0.197 e. The lowest BCUT2D eigenvalue weighted by Gasteiger charge is -2.03. The zero-order chi connectivity index (χ0) is 13.0. The Morgan fingerprint density at radius 1 is 1.22 bits per heavy atom. The fourth-order valence-corrected chi connectivity index (χ4v) is 2.11. The minimum Gasteiger partial charge on any atom is -0.383 e. The lowest BCUT2D eigenvalue weighted by molar-refractivity contribution is 0.809. The van der Waals surface area contributed by atoms with Crippen molar-refractivity contribution in [2.75, 3.05) is 18.5 Å². The van der Waals surface area contributed by atoms with E-state index in [1.807, 2.05) is 25.4 Å². The van der Waals surface area contributed by atoms with Crippen LogP contribution in [0.1, 0.15) is 5.56 Å². The van der Waals surface area contributed by atoms with E-state index in [-0.39, 0.29) is 0 Å². The Morgan fingerprint density at radius 2 is 1.94 bits per heavy atom. The summed E-state index contributed by atoms with van der Waals surface area (Å²) < 4.78 is 0. The van der Waals surface area contributed by atoms with Crippen LogP contribution in [0.4, 0.5) is 11.6 Å². The van der Waals surface area contributed by atoms with E-state index < -0.39 is 0 Å². The van der Waals surface area contributed by atoms with Crippen molar-refractivity contribution in [2.45, 2.75) is 16.7 Å². The first-order valence-corrected chi connectivity index (χ1v) is 6.16. The number of rotatable bonds is 4. The van der Waals surface area contributed by atoms with Gasteiger partial charge >= 0.3 is 0 Å². The highest BCUT2D eigenvalue weighted by Crippen LogP contribution is 2.24. The van der Waals surface area contributed by atoms with Gasteiger partial charge in [0.1, 0.15) is 16.7 Å². The number of aromatic nitrogens is 3. The van der Waals surface area contributed by atoms with Gasteiger partial charge in [-0.3, -0.25) is 0 Å². The Labute approximate surface area is 109 Å². The van der Waals surface area contributed by atoms with Gasteiger partial charge in [-0.05, 0) is 30.4 Å². The summed E-state index contributed by atoms with van der Waals surface area (Å²) in [5.74, 6) is 0.716. The number of nitrogens with one attached hydrogen (secondary N) is 1. The van der Waals surface area contributed by atoms with Crippen LogP contribution in [-0.4, -0.2) is 22.0 Å². The van der Waals surface area contributed by atoms with Gasteiger partial charge in [-0.15, -0.1) is 0 Å². The van der Waals surface area contributed by atoms with Crippen LogP contribution < -0.4 is 16.8 Å². The van der Waals surface area contributed by atoms with E-state index in [9.17, 15) is 0 Å². The largest absolute Gasteiger partial charge is 0.383 e. The summed E-state index contributed by atoms with van der Waals surface area (Å²) in [6, 6.07) is 5.44. The summed E-state index contributed by atoms with van der Waals surface area (Å²) >= 11 is 1.33. The number of hydrogen-bond donors (Lipinski definition) is 3. The Kier molecular flexibility index (Phi) is 3.96. The molecule has 0 aliphatic carbocycles. The topological polar surface area (TPSA) is 103 Å². The Morgan fingerprint density at radius 3 is 2.50 bits per heavy atom. The molecule has 94 valence electrons. The molecule has 0 saturated carbocycles. The predicted molar refractivity (Wildman–Crippen MR) is 72.0 cm³/mol. The zero-order valence-electron chi connectivity index (χ0n) is 9.92. The first-order valence-electron chi connectivity index (χ1n) is 5.35. The van der Waals surface area contributed by atoms with E-state index in [4.69, 9.17) is 11.5 Å². The van der Waals surface area contributed by atoms with Crippen LogP contribution in [0, 0.1) is 0 Å². The van der Waals surface area contributed by atoms with Crippen molar-refractivity contribution >= 4 is 23.4 Å². The second-order valence-electron chi connectivity index (χ2n) is 3.64. The number of pyridine rings is 1. The summed E-state index contributed by atoms with van der Waals surface area (Å²) in [6.45, 7) is 0.791. The zero-order valence-corrected chi connectivity index (χ0v) is 10.7. The van der Waals surface area contributed by atoms with E-state index in [2.05, 4.69) is 20.3 Å².